The van der Waals surface area contributed by atoms with Crippen LogP contribution in [0.25, 0.3) is 0 Å². The van der Waals surface area contributed by atoms with Gasteiger partial charge in [-0.3, -0.25) is 0 Å². The van der Waals surface area contributed by atoms with E-state index in [0.29, 0.717) is 0 Å². The Morgan fingerprint density at radius 3 is 1.36 bits per heavy atom. The van der Waals surface area contributed by atoms with E-state index in [1.54, 1.807) is 0 Å². The Morgan fingerprint density at radius 1 is 0.909 bits per heavy atom. The van der Waals surface area contributed by atoms with Gasteiger partial charge in [0.05, 0.1) is 0 Å². The van der Waals surface area contributed by atoms with Crippen LogP contribution in [0.15, 0.2) is 15.0 Å². The number of rotatable bonds is 3. The Hall–Kier alpha value is 0.515. The molecule has 0 aromatic heterocycles. The molecule has 0 fully saturated rings. The molecule has 3 nitrogen and oxygen atoms in total. The molecule has 0 spiro atoms. The summed E-state index contributed by atoms with van der Waals surface area (Å²) in [5.41, 5.74) is -1.10. The predicted molar refractivity (Wildman–Crippen MR) is 48.1 cm³/mol. The van der Waals surface area contributed by atoms with E-state index in [1.165, 1.54) is 0 Å². The topological polar surface area (TPSA) is 37.1 Å². The van der Waals surface area contributed by atoms with Crippen molar-refractivity contribution in [2.45, 2.75) is 5.41 Å². The SMILES string of the molecule is [Si]C(N=C=[Se])(N=C=[Se])N=C=[Se]. The first-order chi connectivity index (χ1) is 5.18. The summed E-state index contributed by atoms with van der Waals surface area (Å²) in [6.45, 7) is 0. The summed E-state index contributed by atoms with van der Waals surface area (Å²) < 4.78 is 7.30. The van der Waals surface area contributed by atoms with Crippen LogP contribution < -0.4 is 0 Å². The molecule has 0 atom stereocenters. The Bertz CT molecular complexity index is 237. The molecule has 0 aliphatic rings. The van der Waals surface area contributed by atoms with Gasteiger partial charge in [-0.05, 0) is 0 Å². The molecule has 11 heavy (non-hydrogen) atoms. The Labute approximate surface area is 91.0 Å². The summed E-state index contributed by atoms with van der Waals surface area (Å²) in [5, 5.41) is 0. The van der Waals surface area contributed by atoms with Crippen molar-refractivity contribution in [2.75, 3.05) is 0 Å². The second kappa shape index (κ2) is 6.08. The van der Waals surface area contributed by atoms with Crippen LogP contribution >= 0.6 is 0 Å². The Morgan fingerprint density at radius 2 is 1.18 bits per heavy atom. The molecule has 0 saturated heterocycles. The summed E-state index contributed by atoms with van der Waals surface area (Å²) in [7, 11) is 3.17. The summed E-state index contributed by atoms with van der Waals surface area (Å²) in [5.74, 6) is 0. The molecule has 0 heterocycles. The number of nitrogens with zero attached hydrogens (tertiary/aromatic N) is 3. The molecule has 0 rings (SSSR count). The van der Waals surface area contributed by atoms with Gasteiger partial charge in [0.15, 0.2) is 0 Å². The quantitative estimate of drug-likeness (QED) is 0.415. The van der Waals surface area contributed by atoms with Crippen LogP contribution in [0.1, 0.15) is 0 Å². The molecule has 0 aromatic carbocycles. The fraction of sp³-hybridized carbons (Fsp3) is 0.250. The van der Waals surface area contributed by atoms with Gasteiger partial charge in [0.2, 0.25) is 0 Å². The van der Waals surface area contributed by atoms with E-state index in [4.69, 9.17) is 0 Å². The molecule has 0 saturated carbocycles. The van der Waals surface area contributed by atoms with Gasteiger partial charge in [0, 0.05) is 0 Å². The summed E-state index contributed by atoms with van der Waals surface area (Å²) in [6.07, 6.45) is 0. The van der Waals surface area contributed by atoms with Crippen molar-refractivity contribution in [2.24, 2.45) is 15.0 Å². The van der Waals surface area contributed by atoms with E-state index in [1.807, 2.05) is 0 Å². The molecule has 0 aliphatic heterocycles. The average Bonchev–Trinajstić information content (AvgIpc) is 1.88. The molecule has 0 bridgehead atoms. The van der Waals surface area contributed by atoms with Crippen molar-refractivity contribution in [1.29, 1.82) is 0 Å². The first kappa shape index (κ1) is 11.5. The fourth-order valence-electron chi connectivity index (χ4n) is 0.266. The van der Waals surface area contributed by atoms with Crippen LogP contribution in [0.3, 0.4) is 0 Å². The van der Waals surface area contributed by atoms with Gasteiger partial charge in [0.25, 0.3) is 0 Å². The third-order valence-corrected chi connectivity index (χ3v) is 1.51. The second-order valence-electron chi connectivity index (χ2n) is 1.24. The molecule has 0 aliphatic carbocycles. The molecular formula is C4N3Se3Si. The third kappa shape index (κ3) is 4.87. The van der Waals surface area contributed by atoms with Crippen molar-refractivity contribution < 1.29 is 0 Å². The molecule has 0 aromatic rings. The van der Waals surface area contributed by atoms with Crippen LogP contribution in [0.5, 0.6) is 0 Å². The molecule has 0 N–H and O–H groups in total. The minimum atomic E-state index is -1.10. The molecule has 53 valence electrons. The van der Waals surface area contributed by atoms with E-state index < -0.39 is 5.41 Å². The van der Waals surface area contributed by atoms with Gasteiger partial charge in [-0.25, -0.2) is 0 Å². The zero-order chi connectivity index (χ0) is 8.74. The van der Waals surface area contributed by atoms with Crippen LogP contribution in [0.4, 0.5) is 0 Å². The zero-order valence-corrected chi connectivity index (χ0v) is 11.2. The van der Waals surface area contributed by atoms with E-state index in [0.717, 1.165) is 0 Å². The standard InChI is InChI=1S/C4N3Se3Si/c8-1-5-4(11,6-2-9)7-3-10. The first-order valence-corrected chi connectivity index (χ1v) is 5.27. The Kier molecular flexibility index (Phi) is 6.36. The van der Waals surface area contributed by atoms with Crippen molar-refractivity contribution in [3.8, 4) is 0 Å². The summed E-state index contributed by atoms with van der Waals surface area (Å²) in [4.78, 5) is 11.2. The molecule has 7 heteroatoms. The average molecular weight is 355 g/mol. The zero-order valence-electron chi connectivity index (χ0n) is 5.07. The van der Waals surface area contributed by atoms with Gasteiger partial charge in [-0.1, -0.05) is 0 Å². The van der Waals surface area contributed by atoms with Crippen molar-refractivity contribution in [1.82, 2.24) is 0 Å². The van der Waals surface area contributed by atoms with E-state index in [-0.39, 0.29) is 0 Å². The fourth-order valence-corrected chi connectivity index (χ4v) is 1.78. The van der Waals surface area contributed by atoms with Gasteiger partial charge in [-0.2, -0.15) is 0 Å². The monoisotopic (exact) mass is 358 g/mol. The predicted octanol–water partition coefficient (Wildman–Crippen LogP) is -2.01. The Balaban J connectivity index is 4.94. The van der Waals surface area contributed by atoms with Crippen molar-refractivity contribution in [3.63, 3.8) is 0 Å². The maximum atomic E-state index is 3.75. The number of hydrogen-bond acceptors (Lipinski definition) is 3. The molecule has 0 unspecified atom stereocenters. The van der Waals surface area contributed by atoms with Crippen LogP contribution in [-0.4, -0.2) is 76.5 Å². The van der Waals surface area contributed by atoms with E-state index in [2.05, 4.69) is 86.1 Å². The van der Waals surface area contributed by atoms with Crippen molar-refractivity contribution >= 4 is 71.1 Å². The van der Waals surface area contributed by atoms with Gasteiger partial charge >= 0.3 is 91.5 Å². The van der Waals surface area contributed by atoms with Crippen molar-refractivity contribution in [3.05, 3.63) is 0 Å². The third-order valence-electron chi connectivity index (χ3n) is 0.605. The van der Waals surface area contributed by atoms with Crippen LogP contribution in [0.2, 0.25) is 0 Å². The number of aliphatic imine (C=N–C) groups is 3. The maximum absolute atomic E-state index is 3.75. The minimum absolute atomic E-state index is 1.10. The number of hydrogen-bond donors (Lipinski definition) is 0. The molecular weight excluding hydrogens is 355 g/mol. The first-order valence-electron chi connectivity index (χ1n) is 2.20. The van der Waals surface area contributed by atoms with Gasteiger partial charge in [-0.15, -0.1) is 0 Å². The van der Waals surface area contributed by atoms with E-state index >= 15 is 0 Å². The van der Waals surface area contributed by atoms with Crippen LogP contribution in [0, 0.1) is 0 Å². The second-order valence-corrected chi connectivity index (χ2v) is 3.06. The van der Waals surface area contributed by atoms with Crippen LogP contribution in [-0.2, 0) is 0 Å². The summed E-state index contributed by atoms with van der Waals surface area (Å²) >= 11 is 7.41. The normalized spacial score (nSPS) is 12.8. The molecule has 0 amide bonds. The van der Waals surface area contributed by atoms with Gasteiger partial charge in [0.1, 0.15) is 0 Å². The molecule has 3 radical (unpaired) electrons. The van der Waals surface area contributed by atoms with Gasteiger partial charge < -0.3 is 0 Å². The summed E-state index contributed by atoms with van der Waals surface area (Å²) in [6, 6.07) is 0. The van der Waals surface area contributed by atoms with E-state index in [9.17, 15) is 0 Å².